The van der Waals surface area contributed by atoms with E-state index in [4.69, 9.17) is 17.0 Å². The molecule has 2 aliphatic rings. The van der Waals surface area contributed by atoms with Crippen molar-refractivity contribution >= 4 is 33.0 Å². The van der Waals surface area contributed by atoms with Gasteiger partial charge in [-0.05, 0) is 49.3 Å². The van der Waals surface area contributed by atoms with Gasteiger partial charge in [0, 0.05) is 18.8 Å². The Bertz CT molecular complexity index is 697. The number of nitrogens with one attached hydrogen (secondary N) is 3. The highest BCUT2D eigenvalue weighted by Gasteiger charge is 2.26. The van der Waals surface area contributed by atoms with Crippen molar-refractivity contribution in [3.8, 4) is 0 Å². The minimum Gasteiger partial charge on any atom is -0.370 e. The lowest BCUT2D eigenvalue weighted by Gasteiger charge is -2.24. The number of quaternary nitrogens is 1. The minimum atomic E-state index is -3.37. The van der Waals surface area contributed by atoms with Crippen LogP contribution in [0, 0.1) is 0 Å². The van der Waals surface area contributed by atoms with Gasteiger partial charge in [-0.3, -0.25) is 0 Å². The van der Waals surface area contributed by atoms with Crippen molar-refractivity contribution in [1.29, 1.82) is 0 Å². The van der Waals surface area contributed by atoms with Crippen molar-refractivity contribution in [1.82, 2.24) is 9.62 Å². The van der Waals surface area contributed by atoms with Crippen molar-refractivity contribution < 1.29 is 18.1 Å². The summed E-state index contributed by atoms with van der Waals surface area (Å²) in [6.45, 7) is 6.74. The Kier molecular flexibility index (Phi) is 6.82. The van der Waals surface area contributed by atoms with Gasteiger partial charge in [-0.15, -0.1) is 0 Å². The third kappa shape index (κ3) is 5.14. The maximum Gasteiger partial charge on any atom is 0.243 e. The highest BCUT2D eigenvalue weighted by molar-refractivity contribution is 7.89. The first-order valence-electron chi connectivity index (χ1n) is 9.12. The summed E-state index contributed by atoms with van der Waals surface area (Å²) < 4.78 is 31.9. The number of nitrogens with zero attached hydrogens (tertiary/aromatic N) is 1. The van der Waals surface area contributed by atoms with Crippen LogP contribution in [0.3, 0.4) is 0 Å². The van der Waals surface area contributed by atoms with Crippen molar-refractivity contribution in [2.24, 2.45) is 0 Å². The molecule has 0 aromatic heterocycles. The van der Waals surface area contributed by atoms with Crippen LogP contribution in [-0.4, -0.2) is 70.3 Å². The zero-order valence-electron chi connectivity index (χ0n) is 14.9. The largest absolute Gasteiger partial charge is 0.370 e. The summed E-state index contributed by atoms with van der Waals surface area (Å²) in [5.41, 5.74) is 0.779. The lowest BCUT2D eigenvalue weighted by molar-refractivity contribution is -0.906. The number of benzene rings is 1. The average molecular weight is 400 g/mol. The molecule has 1 aromatic rings. The van der Waals surface area contributed by atoms with Gasteiger partial charge in [0.05, 0.1) is 31.2 Å². The molecule has 26 heavy (non-hydrogen) atoms. The predicted octanol–water partition coefficient (Wildman–Crippen LogP) is -0.327. The molecule has 7 nitrogen and oxygen atoms in total. The number of sulfonamides is 1. The lowest BCUT2D eigenvalue weighted by Crippen LogP contribution is -3.14. The number of hydrogen-bond acceptors (Lipinski definition) is 4. The minimum absolute atomic E-state index is 0.333. The molecule has 3 rings (SSSR count). The molecular weight excluding hydrogens is 372 g/mol. The van der Waals surface area contributed by atoms with Gasteiger partial charge in [-0.25, -0.2) is 8.42 Å². The summed E-state index contributed by atoms with van der Waals surface area (Å²) >= 11 is 5.31. The maximum absolute atomic E-state index is 12.5. The van der Waals surface area contributed by atoms with Gasteiger partial charge < -0.3 is 20.3 Å². The van der Waals surface area contributed by atoms with Crippen molar-refractivity contribution in [2.75, 3.05) is 57.8 Å². The average Bonchev–Trinajstić information content (AvgIpc) is 3.19. The van der Waals surface area contributed by atoms with Crippen LogP contribution in [0.15, 0.2) is 29.2 Å². The smallest absolute Gasteiger partial charge is 0.243 e. The van der Waals surface area contributed by atoms with E-state index in [1.807, 2.05) is 0 Å². The maximum atomic E-state index is 12.5. The second-order valence-electron chi connectivity index (χ2n) is 6.63. The molecule has 0 radical (unpaired) electrons. The molecule has 0 unspecified atom stereocenters. The summed E-state index contributed by atoms with van der Waals surface area (Å²) in [6.07, 6.45) is 1.87. The van der Waals surface area contributed by atoms with Crippen molar-refractivity contribution in [3.05, 3.63) is 24.3 Å². The Labute approximate surface area is 160 Å². The van der Waals surface area contributed by atoms with Gasteiger partial charge in [0.25, 0.3) is 0 Å². The molecule has 3 N–H and O–H groups in total. The monoisotopic (exact) mass is 399 g/mol. The van der Waals surface area contributed by atoms with Crippen LogP contribution >= 0.6 is 12.2 Å². The first-order chi connectivity index (χ1) is 12.6. The Morgan fingerprint density at radius 3 is 2.46 bits per heavy atom. The number of anilines is 1. The van der Waals surface area contributed by atoms with Gasteiger partial charge in [0.15, 0.2) is 5.11 Å². The molecule has 1 aromatic carbocycles. The Hall–Kier alpha value is -1.26. The second-order valence-corrected chi connectivity index (χ2v) is 8.98. The van der Waals surface area contributed by atoms with Gasteiger partial charge >= 0.3 is 0 Å². The second kappa shape index (κ2) is 9.09. The van der Waals surface area contributed by atoms with Crippen molar-refractivity contribution in [2.45, 2.75) is 17.7 Å². The van der Waals surface area contributed by atoms with E-state index in [1.54, 1.807) is 28.6 Å². The first kappa shape index (κ1) is 19.5. The molecular formula is C17H27N4O3S2+. The fraction of sp³-hybridized carbons (Fsp3) is 0.588. The van der Waals surface area contributed by atoms with Gasteiger partial charge in [-0.1, -0.05) is 0 Å². The van der Waals surface area contributed by atoms with E-state index in [0.717, 1.165) is 57.9 Å². The van der Waals surface area contributed by atoms with Crippen LogP contribution in [0.5, 0.6) is 0 Å². The van der Waals surface area contributed by atoms with Crippen molar-refractivity contribution in [3.63, 3.8) is 0 Å². The Morgan fingerprint density at radius 1 is 1.15 bits per heavy atom. The van der Waals surface area contributed by atoms with Gasteiger partial charge in [-0.2, -0.15) is 4.31 Å². The number of morpholine rings is 1. The molecule has 9 heteroatoms. The van der Waals surface area contributed by atoms with E-state index in [1.165, 1.54) is 4.90 Å². The SMILES string of the molecule is O=S(=O)(c1ccc(NC(=S)NCC[NH+]2CCOCC2)cc1)N1CCCC1. The molecule has 0 saturated carbocycles. The number of rotatable bonds is 6. The molecule has 2 fully saturated rings. The van der Waals surface area contributed by atoms with E-state index in [0.29, 0.717) is 23.1 Å². The Morgan fingerprint density at radius 2 is 1.81 bits per heavy atom. The van der Waals surface area contributed by atoms with E-state index < -0.39 is 10.0 Å². The molecule has 0 atom stereocenters. The number of thiocarbonyl (C=S) groups is 1. The normalized spacial score (nSPS) is 19.4. The van der Waals surface area contributed by atoms with Crippen LogP contribution in [0.25, 0.3) is 0 Å². The van der Waals surface area contributed by atoms with Crippen LogP contribution in [0.4, 0.5) is 5.69 Å². The highest BCUT2D eigenvalue weighted by Crippen LogP contribution is 2.22. The summed E-state index contributed by atoms with van der Waals surface area (Å²) in [5.74, 6) is 0. The number of hydrogen-bond donors (Lipinski definition) is 3. The molecule has 0 aliphatic carbocycles. The van der Waals surface area contributed by atoms with Crippen LogP contribution in [-0.2, 0) is 14.8 Å². The van der Waals surface area contributed by atoms with E-state index >= 15 is 0 Å². The highest BCUT2D eigenvalue weighted by atomic mass is 32.2. The zero-order valence-corrected chi connectivity index (χ0v) is 16.5. The predicted molar refractivity (Wildman–Crippen MR) is 105 cm³/mol. The van der Waals surface area contributed by atoms with E-state index in [2.05, 4.69) is 10.6 Å². The quantitative estimate of drug-likeness (QED) is 0.569. The van der Waals surface area contributed by atoms with E-state index in [9.17, 15) is 8.42 Å². The fourth-order valence-corrected chi connectivity index (χ4v) is 4.96. The van der Waals surface area contributed by atoms with Crippen LogP contribution in [0.2, 0.25) is 0 Å². The third-order valence-electron chi connectivity index (χ3n) is 4.78. The molecule has 2 aliphatic heterocycles. The molecule has 144 valence electrons. The fourth-order valence-electron chi connectivity index (χ4n) is 3.23. The number of ether oxygens (including phenoxy) is 1. The summed E-state index contributed by atoms with van der Waals surface area (Å²) in [5, 5.41) is 6.85. The van der Waals surface area contributed by atoms with Gasteiger partial charge in [0.2, 0.25) is 10.0 Å². The molecule has 0 spiro atoms. The molecule has 2 saturated heterocycles. The molecule has 0 bridgehead atoms. The topological polar surface area (TPSA) is 75.1 Å². The van der Waals surface area contributed by atoms with Gasteiger partial charge in [0.1, 0.15) is 13.1 Å². The van der Waals surface area contributed by atoms with Crippen LogP contribution < -0.4 is 15.5 Å². The molecule has 0 amide bonds. The summed E-state index contributed by atoms with van der Waals surface area (Å²) in [6, 6.07) is 6.78. The summed E-state index contributed by atoms with van der Waals surface area (Å²) in [4.78, 5) is 1.85. The Balaban J connectivity index is 1.46. The third-order valence-corrected chi connectivity index (χ3v) is 6.94. The lowest BCUT2D eigenvalue weighted by atomic mass is 10.3. The zero-order chi connectivity index (χ0) is 18.4. The van der Waals surface area contributed by atoms with Crippen LogP contribution in [0.1, 0.15) is 12.8 Å². The first-order valence-corrected chi connectivity index (χ1v) is 11.0. The summed E-state index contributed by atoms with van der Waals surface area (Å²) in [7, 11) is -3.37. The van der Waals surface area contributed by atoms with E-state index in [-0.39, 0.29) is 0 Å². The molecule has 2 heterocycles. The standard InChI is InChI=1S/C17H26N4O3S2/c22-26(23,21-8-1-2-9-21)16-5-3-15(4-6-16)19-17(25)18-7-10-20-11-13-24-14-12-20/h3-6H,1-2,7-14H2,(H2,18,19,25)/p+1.